The number of nitrogens with one attached hydrogen (secondary N) is 1. The van der Waals surface area contributed by atoms with Crippen molar-refractivity contribution in [3.8, 4) is 0 Å². The van der Waals surface area contributed by atoms with E-state index in [1.165, 1.54) is 4.57 Å². The normalized spacial score (nSPS) is 24.4. The van der Waals surface area contributed by atoms with Crippen LogP contribution in [0.25, 0.3) is 0 Å². The molecule has 2 heterocycles. The smallest absolute Gasteiger partial charge is 0.330 e. The predicted molar refractivity (Wildman–Crippen MR) is 144 cm³/mol. The molecule has 1 fully saturated rings. The molecule has 2 rings (SSSR count). The van der Waals surface area contributed by atoms with Gasteiger partial charge in [0.2, 0.25) is 0 Å². The summed E-state index contributed by atoms with van der Waals surface area (Å²) in [5.74, 6) is 0. The Balaban J connectivity index is 2.53. The maximum absolute atomic E-state index is 12.9. The quantitative estimate of drug-likeness (QED) is 0.380. The Kier molecular flexibility index (Phi) is 8.22. The van der Waals surface area contributed by atoms with E-state index < -0.39 is 28.0 Å². The van der Waals surface area contributed by atoms with Crippen LogP contribution in [-0.4, -0.2) is 45.0 Å². The molecule has 34 heavy (non-hydrogen) atoms. The van der Waals surface area contributed by atoms with E-state index >= 15 is 0 Å². The van der Waals surface area contributed by atoms with Crippen LogP contribution < -0.4 is 11.2 Å². The lowest BCUT2D eigenvalue weighted by molar-refractivity contribution is -0.115. The van der Waals surface area contributed by atoms with Crippen LogP contribution in [0.1, 0.15) is 59.9 Å². The molecule has 1 aromatic rings. The fourth-order valence-electron chi connectivity index (χ4n) is 3.65. The summed E-state index contributed by atoms with van der Waals surface area (Å²) in [6, 6.07) is 0. The molecule has 194 valence electrons. The molecule has 0 unspecified atom stereocenters. The molecule has 1 aliphatic heterocycles. The number of aromatic nitrogens is 2. The molecule has 0 bridgehead atoms. The molecule has 0 amide bonds. The standard InChI is InChI=1S/C25H46N2O5Si2/c1-13-14-25(27-16-18(2)21(28)26-22(27)29)15-19(32-34(11,12)24(6,7)8)20(31-25)17-30-33(9,10)23(3,4)5/h13,16,19-20H,1,14-15,17H2,2-12H3,(H,26,28,29)/t19-,20+,25+/m0/s1. The number of H-pyrrole nitrogens is 1. The van der Waals surface area contributed by atoms with Gasteiger partial charge >= 0.3 is 5.69 Å². The van der Waals surface area contributed by atoms with E-state index in [0.29, 0.717) is 25.0 Å². The zero-order chi connectivity index (χ0) is 26.3. The fourth-order valence-corrected chi connectivity index (χ4v) is 6.01. The van der Waals surface area contributed by atoms with Gasteiger partial charge < -0.3 is 13.6 Å². The largest absolute Gasteiger partial charge is 0.414 e. The minimum Gasteiger partial charge on any atom is -0.414 e. The molecular weight excluding hydrogens is 464 g/mol. The van der Waals surface area contributed by atoms with Crippen LogP contribution in [0.3, 0.4) is 0 Å². The average Bonchev–Trinajstić information content (AvgIpc) is 2.99. The molecule has 1 aromatic heterocycles. The van der Waals surface area contributed by atoms with Crippen molar-refractivity contribution in [2.45, 2.75) is 116 Å². The SMILES string of the molecule is C=CC[C@]1(n2cc(C)c(=O)[nH]c2=O)C[C@H](O[Si](C)(C)C(C)(C)C)[C@@H](CO[Si](C)(C)C(C)(C)C)O1. The number of aryl methyl sites for hydroxylation is 1. The molecule has 3 atom stereocenters. The lowest BCUT2D eigenvalue weighted by Crippen LogP contribution is -2.48. The van der Waals surface area contributed by atoms with Crippen LogP contribution in [0.15, 0.2) is 28.4 Å². The number of hydrogen-bond donors (Lipinski definition) is 1. The summed E-state index contributed by atoms with van der Waals surface area (Å²) in [4.78, 5) is 27.4. The van der Waals surface area contributed by atoms with Gasteiger partial charge in [-0.15, -0.1) is 6.58 Å². The minimum atomic E-state index is -2.14. The van der Waals surface area contributed by atoms with Crippen molar-refractivity contribution in [1.29, 1.82) is 0 Å². The summed E-state index contributed by atoms with van der Waals surface area (Å²) < 4.78 is 21.6. The van der Waals surface area contributed by atoms with Gasteiger partial charge in [0, 0.05) is 24.6 Å². The minimum absolute atomic E-state index is 0.0208. The third kappa shape index (κ3) is 5.92. The molecule has 0 saturated carbocycles. The highest BCUT2D eigenvalue weighted by Gasteiger charge is 2.52. The van der Waals surface area contributed by atoms with E-state index in [9.17, 15) is 9.59 Å². The Morgan fingerprint density at radius 1 is 1.15 bits per heavy atom. The lowest BCUT2D eigenvalue weighted by atomic mass is 10.0. The number of hydrogen-bond acceptors (Lipinski definition) is 5. The lowest BCUT2D eigenvalue weighted by Gasteiger charge is -2.40. The van der Waals surface area contributed by atoms with Crippen molar-refractivity contribution in [3.05, 3.63) is 45.3 Å². The molecule has 0 aliphatic carbocycles. The van der Waals surface area contributed by atoms with E-state index in [-0.39, 0.29) is 27.8 Å². The number of rotatable bonds is 8. The van der Waals surface area contributed by atoms with Crippen LogP contribution in [0, 0.1) is 6.92 Å². The van der Waals surface area contributed by atoms with Crippen molar-refractivity contribution in [1.82, 2.24) is 9.55 Å². The Morgan fingerprint density at radius 2 is 1.71 bits per heavy atom. The summed E-state index contributed by atoms with van der Waals surface area (Å²) >= 11 is 0. The van der Waals surface area contributed by atoms with E-state index in [2.05, 4.69) is 79.3 Å². The van der Waals surface area contributed by atoms with Gasteiger partial charge in [-0.1, -0.05) is 47.6 Å². The van der Waals surface area contributed by atoms with Crippen LogP contribution in [0.2, 0.25) is 36.3 Å². The summed E-state index contributed by atoms with van der Waals surface area (Å²) in [5, 5.41) is 0.0828. The van der Waals surface area contributed by atoms with Crippen LogP contribution in [-0.2, 0) is 19.3 Å². The highest BCUT2D eigenvalue weighted by Crippen LogP contribution is 2.45. The molecular formula is C25H46N2O5Si2. The Labute approximate surface area is 207 Å². The first-order valence-corrected chi connectivity index (χ1v) is 18.0. The first kappa shape index (κ1) is 29.0. The third-order valence-electron chi connectivity index (χ3n) is 7.99. The van der Waals surface area contributed by atoms with Crippen LogP contribution >= 0.6 is 0 Å². The first-order valence-electron chi connectivity index (χ1n) is 12.2. The molecule has 0 aromatic carbocycles. The molecule has 1 N–H and O–H groups in total. The topological polar surface area (TPSA) is 82.6 Å². The van der Waals surface area contributed by atoms with Crippen LogP contribution in [0.4, 0.5) is 0 Å². The summed E-state index contributed by atoms with van der Waals surface area (Å²) in [6.45, 7) is 28.2. The van der Waals surface area contributed by atoms with Gasteiger partial charge in [0.25, 0.3) is 5.56 Å². The van der Waals surface area contributed by atoms with Gasteiger partial charge in [0.15, 0.2) is 22.4 Å². The van der Waals surface area contributed by atoms with Crippen molar-refractivity contribution in [3.63, 3.8) is 0 Å². The summed E-state index contributed by atoms with van der Waals surface area (Å²) in [5.41, 5.74) is -1.42. The fraction of sp³-hybridized carbons (Fsp3) is 0.760. The highest BCUT2D eigenvalue weighted by molar-refractivity contribution is 6.74. The molecule has 0 spiro atoms. The first-order chi connectivity index (χ1) is 15.3. The maximum atomic E-state index is 12.9. The zero-order valence-corrected chi connectivity index (χ0v) is 25.1. The maximum Gasteiger partial charge on any atom is 0.330 e. The summed E-state index contributed by atoms with van der Waals surface area (Å²) in [7, 11) is -4.17. The van der Waals surface area contributed by atoms with Gasteiger partial charge in [0.1, 0.15) is 6.10 Å². The van der Waals surface area contributed by atoms with Crippen molar-refractivity contribution in [2.75, 3.05) is 6.61 Å². The Morgan fingerprint density at radius 3 is 2.21 bits per heavy atom. The molecule has 0 radical (unpaired) electrons. The van der Waals surface area contributed by atoms with Gasteiger partial charge in [0.05, 0.1) is 12.7 Å². The molecule has 1 aliphatic rings. The molecule has 7 nitrogen and oxygen atoms in total. The second-order valence-corrected chi connectivity index (χ2v) is 22.3. The molecule has 9 heteroatoms. The van der Waals surface area contributed by atoms with Crippen molar-refractivity contribution < 1.29 is 13.6 Å². The number of nitrogens with zero attached hydrogens (tertiary/aromatic N) is 1. The second-order valence-electron chi connectivity index (χ2n) is 12.7. The summed E-state index contributed by atoms with van der Waals surface area (Å²) in [6.07, 6.45) is 3.64. The predicted octanol–water partition coefficient (Wildman–Crippen LogP) is 5.28. The second kappa shape index (κ2) is 9.65. The van der Waals surface area contributed by atoms with Crippen molar-refractivity contribution >= 4 is 16.6 Å². The van der Waals surface area contributed by atoms with Gasteiger partial charge in [-0.25, -0.2) is 4.79 Å². The number of aromatic amines is 1. The van der Waals surface area contributed by atoms with E-state index in [1.807, 2.05) is 0 Å². The van der Waals surface area contributed by atoms with E-state index in [1.54, 1.807) is 19.2 Å². The van der Waals surface area contributed by atoms with Gasteiger partial charge in [-0.2, -0.15) is 0 Å². The van der Waals surface area contributed by atoms with Crippen molar-refractivity contribution in [2.24, 2.45) is 0 Å². The van der Waals surface area contributed by atoms with Crippen LogP contribution in [0.5, 0.6) is 0 Å². The third-order valence-corrected chi connectivity index (χ3v) is 17.0. The monoisotopic (exact) mass is 510 g/mol. The Bertz CT molecular complexity index is 1000. The Hall–Kier alpha value is -1.27. The molecule has 1 saturated heterocycles. The zero-order valence-electron chi connectivity index (χ0n) is 23.1. The highest BCUT2D eigenvalue weighted by atomic mass is 28.4. The van der Waals surface area contributed by atoms with Gasteiger partial charge in [-0.05, 0) is 43.2 Å². The van der Waals surface area contributed by atoms with E-state index in [0.717, 1.165) is 0 Å². The average molecular weight is 511 g/mol. The number of ether oxygens (including phenoxy) is 1. The van der Waals surface area contributed by atoms with Gasteiger partial charge in [-0.3, -0.25) is 14.3 Å². The van der Waals surface area contributed by atoms with E-state index in [4.69, 9.17) is 13.6 Å².